The first-order chi connectivity index (χ1) is 5.66. The molecule has 72 valence electrons. The molecular formula is C7H17N3O2. The van der Waals surface area contributed by atoms with E-state index >= 15 is 0 Å². The molecule has 5 nitrogen and oxygen atoms in total. The third-order valence-corrected chi connectivity index (χ3v) is 1.56. The Balaban J connectivity index is 3.05. The first-order valence-electron chi connectivity index (χ1n) is 4.10. The Morgan fingerprint density at radius 2 is 2.08 bits per heavy atom. The first-order valence-corrected chi connectivity index (χ1v) is 4.10. The van der Waals surface area contributed by atoms with E-state index in [1.165, 1.54) is 0 Å². The summed E-state index contributed by atoms with van der Waals surface area (Å²) in [6, 6.07) is 0. The Hall–Kier alpha value is -0.650. The lowest BCUT2D eigenvalue weighted by Gasteiger charge is -2.03. The fraction of sp³-hybridized carbons (Fsp3) is 0.857. The highest BCUT2D eigenvalue weighted by Gasteiger charge is 1.99. The zero-order chi connectivity index (χ0) is 9.40. The first kappa shape index (κ1) is 11.4. The number of aliphatic hydroxyl groups is 1. The van der Waals surface area contributed by atoms with Crippen LogP contribution in [0.2, 0.25) is 0 Å². The lowest BCUT2D eigenvalue weighted by molar-refractivity contribution is -0.121. The Morgan fingerprint density at radius 3 is 2.58 bits per heavy atom. The van der Waals surface area contributed by atoms with Gasteiger partial charge in [0.1, 0.15) is 6.23 Å². The fourth-order valence-corrected chi connectivity index (χ4v) is 0.888. The molecule has 0 aliphatic carbocycles. The number of carbonyl (C=O) groups is 1. The molecule has 6 N–H and O–H groups in total. The summed E-state index contributed by atoms with van der Waals surface area (Å²) >= 11 is 0. The highest BCUT2D eigenvalue weighted by Crippen LogP contribution is 2.03. The van der Waals surface area contributed by atoms with Gasteiger partial charge in [0.25, 0.3) is 0 Å². The summed E-state index contributed by atoms with van der Waals surface area (Å²) in [5, 5.41) is 8.69. The van der Waals surface area contributed by atoms with Gasteiger partial charge in [0.05, 0.1) is 0 Å². The summed E-state index contributed by atoms with van der Waals surface area (Å²) in [5.41, 5.74) is 7.17. The molecule has 0 bridgehead atoms. The van der Waals surface area contributed by atoms with Crippen LogP contribution in [-0.2, 0) is 4.79 Å². The maximum atomic E-state index is 10.6. The monoisotopic (exact) mass is 175 g/mol. The van der Waals surface area contributed by atoms with Gasteiger partial charge >= 0.3 is 0 Å². The van der Waals surface area contributed by atoms with Crippen molar-refractivity contribution in [3.63, 3.8) is 0 Å². The largest absolute Gasteiger partial charge is 0.379 e. The van der Waals surface area contributed by atoms with E-state index in [0.717, 1.165) is 19.3 Å². The van der Waals surface area contributed by atoms with Gasteiger partial charge in [0, 0.05) is 6.42 Å². The van der Waals surface area contributed by atoms with E-state index in [-0.39, 0.29) is 5.91 Å². The summed E-state index contributed by atoms with van der Waals surface area (Å²) < 4.78 is 0. The maximum absolute atomic E-state index is 10.6. The van der Waals surface area contributed by atoms with Gasteiger partial charge in [-0.05, 0) is 19.3 Å². The van der Waals surface area contributed by atoms with Crippen LogP contribution >= 0.6 is 0 Å². The van der Waals surface area contributed by atoms with Crippen molar-refractivity contribution >= 4 is 5.91 Å². The van der Waals surface area contributed by atoms with Gasteiger partial charge in [-0.25, -0.2) is 5.84 Å². The Labute approximate surface area is 72.1 Å². The molecule has 0 aliphatic rings. The van der Waals surface area contributed by atoms with E-state index in [2.05, 4.69) is 5.43 Å². The van der Waals surface area contributed by atoms with Gasteiger partial charge in [-0.2, -0.15) is 0 Å². The average molecular weight is 175 g/mol. The van der Waals surface area contributed by atoms with Crippen molar-refractivity contribution in [2.75, 3.05) is 0 Å². The summed E-state index contributed by atoms with van der Waals surface area (Å²) in [5.74, 6) is 4.73. The van der Waals surface area contributed by atoms with Crippen LogP contribution in [0.5, 0.6) is 0 Å². The van der Waals surface area contributed by atoms with Crippen molar-refractivity contribution in [2.24, 2.45) is 11.6 Å². The van der Waals surface area contributed by atoms with Crippen LogP contribution in [0.25, 0.3) is 0 Å². The van der Waals surface area contributed by atoms with Gasteiger partial charge in [0.2, 0.25) is 5.91 Å². The zero-order valence-corrected chi connectivity index (χ0v) is 7.12. The molecule has 0 rings (SSSR count). The van der Waals surface area contributed by atoms with E-state index < -0.39 is 6.23 Å². The molecule has 5 heteroatoms. The number of aliphatic hydroxyl groups excluding tert-OH is 1. The number of carbonyl (C=O) groups excluding carboxylic acids is 1. The smallest absolute Gasteiger partial charge is 0.233 e. The third kappa shape index (κ3) is 7.46. The van der Waals surface area contributed by atoms with E-state index in [1.807, 2.05) is 0 Å². The molecule has 1 amide bonds. The fourth-order valence-electron chi connectivity index (χ4n) is 0.888. The van der Waals surface area contributed by atoms with Gasteiger partial charge in [-0.1, -0.05) is 6.42 Å². The van der Waals surface area contributed by atoms with Crippen molar-refractivity contribution in [3.05, 3.63) is 0 Å². The van der Waals surface area contributed by atoms with Crippen LogP contribution in [0.3, 0.4) is 0 Å². The lowest BCUT2D eigenvalue weighted by Crippen LogP contribution is -2.29. The Kier molecular flexibility index (Phi) is 6.64. The van der Waals surface area contributed by atoms with Gasteiger partial charge in [0.15, 0.2) is 0 Å². The van der Waals surface area contributed by atoms with Crippen LogP contribution in [-0.4, -0.2) is 17.2 Å². The second kappa shape index (κ2) is 7.02. The molecule has 1 unspecified atom stereocenters. The molecule has 0 saturated carbocycles. The predicted molar refractivity (Wildman–Crippen MR) is 45.6 cm³/mol. The van der Waals surface area contributed by atoms with Gasteiger partial charge in [-0.3, -0.25) is 10.2 Å². The molecule has 0 aromatic rings. The summed E-state index contributed by atoms with van der Waals surface area (Å²) in [7, 11) is 0. The summed E-state index contributed by atoms with van der Waals surface area (Å²) in [6.45, 7) is 0. The van der Waals surface area contributed by atoms with Crippen LogP contribution in [0.1, 0.15) is 32.1 Å². The number of amides is 1. The van der Waals surface area contributed by atoms with E-state index in [4.69, 9.17) is 16.7 Å². The van der Waals surface area contributed by atoms with Crippen LogP contribution in [0.4, 0.5) is 0 Å². The minimum absolute atomic E-state index is 0.150. The SMILES string of the molecule is NNC(=O)CCCCCC(N)O. The summed E-state index contributed by atoms with van der Waals surface area (Å²) in [4.78, 5) is 10.6. The molecule has 12 heavy (non-hydrogen) atoms. The van der Waals surface area contributed by atoms with Crippen molar-refractivity contribution < 1.29 is 9.90 Å². The van der Waals surface area contributed by atoms with Crippen LogP contribution in [0, 0.1) is 0 Å². The lowest BCUT2D eigenvalue weighted by atomic mass is 10.1. The average Bonchev–Trinajstić information content (AvgIpc) is 2.03. The third-order valence-electron chi connectivity index (χ3n) is 1.56. The molecule has 0 aromatic carbocycles. The number of hydrogen-bond acceptors (Lipinski definition) is 4. The highest BCUT2D eigenvalue weighted by molar-refractivity contribution is 5.74. The van der Waals surface area contributed by atoms with Crippen LogP contribution in [0.15, 0.2) is 0 Å². The van der Waals surface area contributed by atoms with Gasteiger partial charge in [-0.15, -0.1) is 0 Å². The van der Waals surface area contributed by atoms with E-state index in [0.29, 0.717) is 12.8 Å². The number of nitrogens with one attached hydrogen (secondary N) is 1. The molecule has 0 aromatic heterocycles. The normalized spacial score (nSPS) is 12.6. The Morgan fingerprint density at radius 1 is 1.42 bits per heavy atom. The second-order valence-corrected chi connectivity index (χ2v) is 2.73. The Bertz CT molecular complexity index is 128. The number of unbranched alkanes of at least 4 members (excludes halogenated alkanes) is 2. The highest BCUT2D eigenvalue weighted by atomic mass is 16.3. The maximum Gasteiger partial charge on any atom is 0.233 e. The quantitative estimate of drug-likeness (QED) is 0.140. The van der Waals surface area contributed by atoms with Crippen molar-refractivity contribution in [1.29, 1.82) is 0 Å². The number of hydrazine groups is 1. The minimum Gasteiger partial charge on any atom is -0.379 e. The van der Waals surface area contributed by atoms with Crippen molar-refractivity contribution in [3.8, 4) is 0 Å². The molecule has 1 atom stereocenters. The molecule has 0 fully saturated rings. The van der Waals surface area contributed by atoms with E-state index in [1.54, 1.807) is 0 Å². The molecule has 0 aliphatic heterocycles. The molecule has 0 heterocycles. The van der Waals surface area contributed by atoms with E-state index in [9.17, 15) is 4.79 Å². The number of hydrogen-bond donors (Lipinski definition) is 4. The molecule has 0 saturated heterocycles. The predicted octanol–water partition coefficient (Wildman–Crippen LogP) is -0.796. The molecule has 0 spiro atoms. The topological polar surface area (TPSA) is 101 Å². The molecular weight excluding hydrogens is 158 g/mol. The minimum atomic E-state index is -0.728. The standard InChI is InChI=1S/C7H17N3O2/c8-6(11)4-2-1-3-5-7(12)10-9/h6,11H,1-5,8-9H2,(H,10,12). The second-order valence-electron chi connectivity index (χ2n) is 2.73. The zero-order valence-electron chi connectivity index (χ0n) is 7.12. The summed E-state index contributed by atoms with van der Waals surface area (Å²) in [6.07, 6.45) is 2.82. The van der Waals surface area contributed by atoms with Crippen molar-refractivity contribution in [2.45, 2.75) is 38.3 Å². The number of nitrogens with two attached hydrogens (primary N) is 2. The molecule has 0 radical (unpaired) electrons. The van der Waals surface area contributed by atoms with Crippen molar-refractivity contribution in [1.82, 2.24) is 5.43 Å². The van der Waals surface area contributed by atoms with Gasteiger partial charge < -0.3 is 10.8 Å². The van der Waals surface area contributed by atoms with Crippen LogP contribution < -0.4 is 17.0 Å². The number of rotatable bonds is 6.